The Morgan fingerprint density at radius 1 is 1.47 bits per heavy atom. The Hall–Kier alpha value is -0.510. The van der Waals surface area contributed by atoms with Gasteiger partial charge in [0.15, 0.2) is 0 Å². The third-order valence-corrected chi connectivity index (χ3v) is 4.29. The summed E-state index contributed by atoms with van der Waals surface area (Å²) in [5.41, 5.74) is 3.12. The number of rotatable bonds is 1. The van der Waals surface area contributed by atoms with Gasteiger partial charge in [-0.3, -0.25) is 4.90 Å². The molecule has 1 N–H and O–H groups in total. The van der Waals surface area contributed by atoms with Gasteiger partial charge in [-0.15, -0.1) is 11.8 Å². The summed E-state index contributed by atoms with van der Waals surface area (Å²) in [7, 11) is 0. The fourth-order valence-electron chi connectivity index (χ4n) is 2.70. The molecule has 0 amide bonds. The van der Waals surface area contributed by atoms with Gasteiger partial charge < -0.3 is 5.32 Å². The summed E-state index contributed by atoms with van der Waals surface area (Å²) in [6.07, 6.45) is 2.17. The Balaban J connectivity index is 2.03. The van der Waals surface area contributed by atoms with Crippen molar-refractivity contribution in [2.24, 2.45) is 0 Å². The smallest absolute Gasteiger partial charge is 0.0480 e. The minimum absolute atomic E-state index is 0.626. The Morgan fingerprint density at radius 3 is 3.27 bits per heavy atom. The number of nitrogens with one attached hydrogen (secondary N) is 1. The van der Waals surface area contributed by atoms with Crippen LogP contribution in [0.2, 0.25) is 0 Å². The van der Waals surface area contributed by atoms with Gasteiger partial charge in [0.25, 0.3) is 0 Å². The standard InChI is InChI=1S/C12H16N2S/c1-15-12-4-2-3-9-10(12)8-14-6-5-13-7-11(9)14/h2-4,11,13H,5-8H2,1H3. The average molecular weight is 220 g/mol. The predicted octanol–water partition coefficient (Wildman–Crippen LogP) is 1.87. The molecule has 2 aliphatic heterocycles. The van der Waals surface area contributed by atoms with Crippen LogP contribution in [0.3, 0.4) is 0 Å². The summed E-state index contributed by atoms with van der Waals surface area (Å²) >= 11 is 1.87. The van der Waals surface area contributed by atoms with Crippen LogP contribution in [0.1, 0.15) is 17.2 Å². The lowest BCUT2D eigenvalue weighted by Gasteiger charge is -2.30. The van der Waals surface area contributed by atoms with E-state index in [1.165, 1.54) is 11.4 Å². The molecule has 0 saturated carbocycles. The molecule has 2 heterocycles. The van der Waals surface area contributed by atoms with E-state index in [0.29, 0.717) is 6.04 Å². The first kappa shape index (κ1) is 9.70. The zero-order valence-corrected chi connectivity index (χ0v) is 9.81. The number of nitrogens with zero attached hydrogens (tertiary/aromatic N) is 1. The summed E-state index contributed by atoms with van der Waals surface area (Å²) < 4.78 is 0. The van der Waals surface area contributed by atoms with E-state index in [9.17, 15) is 0 Å². The second-order valence-electron chi connectivity index (χ2n) is 4.22. The van der Waals surface area contributed by atoms with Crippen LogP contribution in [-0.2, 0) is 6.54 Å². The summed E-state index contributed by atoms with van der Waals surface area (Å²) in [4.78, 5) is 4.06. The molecule has 2 nitrogen and oxygen atoms in total. The van der Waals surface area contributed by atoms with E-state index in [0.717, 1.165) is 19.6 Å². The Labute approximate surface area is 95.0 Å². The van der Waals surface area contributed by atoms with E-state index in [1.54, 1.807) is 11.1 Å². The van der Waals surface area contributed by atoms with Gasteiger partial charge in [-0.05, 0) is 23.4 Å². The van der Waals surface area contributed by atoms with Crippen molar-refractivity contribution in [2.45, 2.75) is 17.5 Å². The highest BCUT2D eigenvalue weighted by Crippen LogP contribution is 2.38. The second-order valence-corrected chi connectivity index (χ2v) is 5.07. The normalized spacial score (nSPS) is 25.0. The van der Waals surface area contributed by atoms with Crippen LogP contribution in [0.25, 0.3) is 0 Å². The van der Waals surface area contributed by atoms with Crippen molar-refractivity contribution < 1.29 is 0 Å². The molecule has 80 valence electrons. The lowest BCUT2D eigenvalue weighted by Crippen LogP contribution is -2.42. The molecule has 1 aromatic carbocycles. The zero-order valence-electron chi connectivity index (χ0n) is 8.99. The molecule has 0 aliphatic carbocycles. The van der Waals surface area contributed by atoms with E-state index in [2.05, 4.69) is 34.7 Å². The molecule has 15 heavy (non-hydrogen) atoms. The van der Waals surface area contributed by atoms with Crippen molar-refractivity contribution in [1.29, 1.82) is 0 Å². The zero-order chi connectivity index (χ0) is 10.3. The third-order valence-electron chi connectivity index (χ3n) is 3.46. The van der Waals surface area contributed by atoms with Gasteiger partial charge >= 0.3 is 0 Å². The minimum Gasteiger partial charge on any atom is -0.314 e. The van der Waals surface area contributed by atoms with Crippen molar-refractivity contribution in [2.75, 3.05) is 25.9 Å². The molecule has 1 aromatic rings. The van der Waals surface area contributed by atoms with Gasteiger partial charge in [0.1, 0.15) is 0 Å². The molecule has 0 spiro atoms. The molecule has 3 heteroatoms. The number of hydrogen-bond donors (Lipinski definition) is 1. The quantitative estimate of drug-likeness (QED) is 0.727. The van der Waals surface area contributed by atoms with E-state index in [-0.39, 0.29) is 0 Å². The number of piperazine rings is 1. The van der Waals surface area contributed by atoms with Gasteiger partial charge in [0.2, 0.25) is 0 Å². The van der Waals surface area contributed by atoms with Gasteiger partial charge in [-0.25, -0.2) is 0 Å². The minimum atomic E-state index is 0.626. The first-order valence-electron chi connectivity index (χ1n) is 5.50. The highest BCUT2D eigenvalue weighted by Gasteiger charge is 2.32. The highest BCUT2D eigenvalue weighted by atomic mass is 32.2. The van der Waals surface area contributed by atoms with Crippen LogP contribution in [0.5, 0.6) is 0 Å². The number of fused-ring (bicyclic) bond motifs is 3. The molecule has 0 bridgehead atoms. The number of benzene rings is 1. The van der Waals surface area contributed by atoms with Gasteiger partial charge in [0, 0.05) is 37.1 Å². The van der Waals surface area contributed by atoms with Crippen molar-refractivity contribution in [1.82, 2.24) is 10.2 Å². The maximum absolute atomic E-state index is 3.49. The fourth-order valence-corrected chi connectivity index (χ4v) is 3.34. The maximum atomic E-state index is 3.49. The van der Waals surface area contributed by atoms with Crippen molar-refractivity contribution in [3.8, 4) is 0 Å². The van der Waals surface area contributed by atoms with Crippen LogP contribution in [0.4, 0.5) is 0 Å². The summed E-state index contributed by atoms with van der Waals surface area (Å²) in [5.74, 6) is 0. The molecule has 0 radical (unpaired) electrons. The van der Waals surface area contributed by atoms with Gasteiger partial charge in [-0.2, -0.15) is 0 Å². The first-order chi connectivity index (χ1) is 7.40. The van der Waals surface area contributed by atoms with Crippen LogP contribution in [0.15, 0.2) is 23.1 Å². The molecule has 1 saturated heterocycles. The average Bonchev–Trinajstić information content (AvgIpc) is 2.67. The Morgan fingerprint density at radius 2 is 2.40 bits per heavy atom. The first-order valence-corrected chi connectivity index (χ1v) is 6.73. The van der Waals surface area contributed by atoms with E-state index >= 15 is 0 Å². The molecular weight excluding hydrogens is 204 g/mol. The Kier molecular flexibility index (Phi) is 2.47. The molecule has 3 rings (SSSR count). The SMILES string of the molecule is CSc1cccc2c1CN1CCNCC21. The van der Waals surface area contributed by atoms with E-state index in [4.69, 9.17) is 0 Å². The summed E-state index contributed by atoms with van der Waals surface area (Å²) in [5, 5.41) is 3.49. The lowest BCUT2D eigenvalue weighted by atomic mass is 10.0. The van der Waals surface area contributed by atoms with Crippen LogP contribution in [0, 0.1) is 0 Å². The van der Waals surface area contributed by atoms with E-state index in [1.807, 2.05) is 11.8 Å². The van der Waals surface area contributed by atoms with Gasteiger partial charge in [0.05, 0.1) is 0 Å². The second kappa shape index (κ2) is 3.81. The molecule has 2 aliphatic rings. The lowest BCUT2D eigenvalue weighted by molar-refractivity contribution is 0.178. The summed E-state index contributed by atoms with van der Waals surface area (Å²) in [6.45, 7) is 4.59. The maximum Gasteiger partial charge on any atom is 0.0480 e. The largest absolute Gasteiger partial charge is 0.314 e. The van der Waals surface area contributed by atoms with Crippen LogP contribution in [-0.4, -0.2) is 30.8 Å². The number of thioether (sulfide) groups is 1. The molecular formula is C12H16N2S. The van der Waals surface area contributed by atoms with Crippen LogP contribution >= 0.6 is 11.8 Å². The van der Waals surface area contributed by atoms with Crippen molar-refractivity contribution >= 4 is 11.8 Å². The third kappa shape index (κ3) is 1.50. The topological polar surface area (TPSA) is 15.3 Å². The predicted molar refractivity (Wildman–Crippen MR) is 64.2 cm³/mol. The van der Waals surface area contributed by atoms with E-state index < -0.39 is 0 Å². The molecule has 1 fully saturated rings. The van der Waals surface area contributed by atoms with Crippen molar-refractivity contribution in [3.63, 3.8) is 0 Å². The monoisotopic (exact) mass is 220 g/mol. The number of hydrogen-bond acceptors (Lipinski definition) is 3. The fraction of sp³-hybridized carbons (Fsp3) is 0.500. The van der Waals surface area contributed by atoms with Crippen LogP contribution < -0.4 is 5.32 Å². The highest BCUT2D eigenvalue weighted by molar-refractivity contribution is 7.98. The molecule has 1 atom stereocenters. The summed E-state index contributed by atoms with van der Waals surface area (Å²) in [6, 6.07) is 7.37. The molecule has 0 aromatic heterocycles. The van der Waals surface area contributed by atoms with Gasteiger partial charge in [-0.1, -0.05) is 12.1 Å². The van der Waals surface area contributed by atoms with Crippen molar-refractivity contribution in [3.05, 3.63) is 29.3 Å². The Bertz CT molecular complexity index is 378. The molecule has 1 unspecified atom stereocenters.